The summed E-state index contributed by atoms with van der Waals surface area (Å²) in [4.78, 5) is 0. The Balaban J connectivity index is -0.0000000913. The number of hydrogen-bond donors (Lipinski definition) is 2. The second kappa shape index (κ2) is 56.5. The van der Waals surface area contributed by atoms with Gasteiger partial charge in [-0.05, 0) is 19.3 Å². The molecule has 0 aliphatic rings. The van der Waals surface area contributed by atoms with Crippen molar-refractivity contribution in [2.24, 2.45) is 0 Å². The van der Waals surface area contributed by atoms with Crippen molar-refractivity contribution in [3.8, 4) is 0 Å². The third kappa shape index (κ3) is 74.0. The Morgan fingerprint density at radius 1 is 0.448 bits per heavy atom. The summed E-state index contributed by atoms with van der Waals surface area (Å²) in [6.07, 6.45) is 18.8. The summed E-state index contributed by atoms with van der Waals surface area (Å²) < 4.78 is 4.92. The summed E-state index contributed by atoms with van der Waals surface area (Å²) in [5, 5.41) is 16.7. The van der Waals surface area contributed by atoms with Gasteiger partial charge in [-0.25, -0.2) is 0 Å². The smallest absolute Gasteiger partial charge is 0.0462 e. The van der Waals surface area contributed by atoms with Crippen LogP contribution in [0.4, 0.5) is 0 Å². The minimum atomic E-state index is 0.365. The molecule has 0 saturated heterocycles. The van der Waals surface area contributed by atoms with E-state index in [1.165, 1.54) is 83.5 Å². The third-order valence-corrected chi connectivity index (χ3v) is 3.98. The molecule has 0 unspecified atom stereocenters. The number of methoxy groups -OCH3 is 1. The maximum absolute atomic E-state index is 8.37. The Kier molecular flexibility index (Phi) is 76.7. The highest BCUT2D eigenvalue weighted by atomic mass is 16.5. The van der Waals surface area contributed by atoms with E-state index >= 15 is 0 Å². The Bertz CT molecular complexity index is 145. The maximum Gasteiger partial charge on any atom is 0.0462 e. The minimum Gasteiger partial charge on any atom is -0.396 e. The topological polar surface area (TPSA) is 49.7 Å². The van der Waals surface area contributed by atoms with Crippen LogP contribution in [-0.4, -0.2) is 37.1 Å². The van der Waals surface area contributed by atoms with Gasteiger partial charge in [0.05, 0.1) is 0 Å². The Labute approximate surface area is 187 Å². The molecule has 0 fully saturated rings. The molecule has 3 nitrogen and oxygen atoms in total. The van der Waals surface area contributed by atoms with Crippen LogP contribution in [0.1, 0.15) is 145 Å². The number of aliphatic hydroxyl groups is 2. The van der Waals surface area contributed by atoms with Gasteiger partial charge in [0.2, 0.25) is 0 Å². The van der Waals surface area contributed by atoms with E-state index < -0.39 is 0 Å². The van der Waals surface area contributed by atoms with Gasteiger partial charge in [-0.2, -0.15) is 0 Å². The first-order valence-electron chi connectivity index (χ1n) is 13.0. The molecule has 3 heteroatoms. The molecule has 0 radical (unpaired) electrons. The van der Waals surface area contributed by atoms with Gasteiger partial charge in [-0.15, -0.1) is 0 Å². The van der Waals surface area contributed by atoms with E-state index in [4.69, 9.17) is 14.9 Å². The number of aliphatic hydroxyl groups excluding tert-OH is 2. The number of ether oxygens (including phenoxy) is 1. The van der Waals surface area contributed by atoms with Crippen LogP contribution < -0.4 is 0 Å². The van der Waals surface area contributed by atoms with Crippen molar-refractivity contribution < 1.29 is 14.9 Å². The fourth-order valence-electron chi connectivity index (χ4n) is 2.28. The van der Waals surface area contributed by atoms with Crippen LogP contribution in [0.2, 0.25) is 0 Å². The zero-order valence-electron chi connectivity index (χ0n) is 22.0. The largest absolute Gasteiger partial charge is 0.396 e. The lowest BCUT2D eigenvalue weighted by atomic mass is 10.2. The van der Waals surface area contributed by atoms with Crippen molar-refractivity contribution in [2.45, 2.75) is 145 Å². The van der Waals surface area contributed by atoms with Crippen LogP contribution in [0.3, 0.4) is 0 Å². The zero-order chi connectivity index (χ0) is 23.4. The van der Waals surface area contributed by atoms with Crippen molar-refractivity contribution in [3.63, 3.8) is 0 Å². The SMILES string of the molecule is CC.CC.CCCCCCCO.CCCCCCCO.CCCCCCCOC. The summed E-state index contributed by atoms with van der Waals surface area (Å²) >= 11 is 0. The van der Waals surface area contributed by atoms with E-state index in [9.17, 15) is 0 Å². The van der Waals surface area contributed by atoms with Crippen LogP contribution >= 0.6 is 0 Å². The van der Waals surface area contributed by atoms with Crippen LogP contribution in [0.15, 0.2) is 0 Å². The average Bonchev–Trinajstić information content (AvgIpc) is 2.78. The van der Waals surface area contributed by atoms with Gasteiger partial charge in [0, 0.05) is 26.9 Å². The third-order valence-electron chi connectivity index (χ3n) is 3.98. The van der Waals surface area contributed by atoms with Crippen molar-refractivity contribution in [1.29, 1.82) is 0 Å². The first kappa shape index (κ1) is 39.4. The molecule has 0 aromatic heterocycles. The maximum atomic E-state index is 8.37. The minimum absolute atomic E-state index is 0.365. The Morgan fingerprint density at radius 2 is 0.724 bits per heavy atom. The van der Waals surface area contributed by atoms with Gasteiger partial charge >= 0.3 is 0 Å². The fraction of sp³-hybridized carbons (Fsp3) is 1.00. The van der Waals surface area contributed by atoms with E-state index in [1.54, 1.807) is 7.11 Å². The molecule has 0 amide bonds. The van der Waals surface area contributed by atoms with Crippen molar-refractivity contribution in [3.05, 3.63) is 0 Å². The highest BCUT2D eigenvalue weighted by Gasteiger charge is 1.86. The molecule has 0 spiro atoms. The molecular weight excluding hydrogens is 360 g/mol. The zero-order valence-corrected chi connectivity index (χ0v) is 22.0. The number of rotatable bonds is 16. The molecule has 0 aromatic carbocycles. The normalized spacial score (nSPS) is 8.90. The molecule has 0 aromatic rings. The predicted octanol–water partition coefficient (Wildman–Crippen LogP) is 8.55. The molecule has 0 atom stereocenters. The van der Waals surface area contributed by atoms with E-state index in [0.29, 0.717) is 13.2 Å². The highest BCUT2D eigenvalue weighted by molar-refractivity contribution is 4.40. The molecule has 0 bridgehead atoms. The second-order valence-corrected chi connectivity index (χ2v) is 6.68. The Morgan fingerprint density at radius 3 is 0.966 bits per heavy atom. The fourth-order valence-corrected chi connectivity index (χ4v) is 2.28. The first-order valence-corrected chi connectivity index (χ1v) is 13.0. The van der Waals surface area contributed by atoms with Gasteiger partial charge < -0.3 is 14.9 Å². The summed E-state index contributed by atoms with van der Waals surface area (Å²) in [6, 6.07) is 0. The van der Waals surface area contributed by atoms with Gasteiger partial charge in [-0.1, -0.05) is 126 Å². The Hall–Kier alpha value is -0.120. The molecule has 0 rings (SSSR count). The quantitative estimate of drug-likeness (QED) is 0.245. The van der Waals surface area contributed by atoms with Crippen LogP contribution in [0.25, 0.3) is 0 Å². The van der Waals surface area contributed by atoms with Crippen molar-refractivity contribution >= 4 is 0 Å². The van der Waals surface area contributed by atoms with E-state index in [-0.39, 0.29) is 0 Å². The molecule has 0 aliphatic carbocycles. The van der Waals surface area contributed by atoms with E-state index in [0.717, 1.165) is 19.4 Å². The van der Waals surface area contributed by atoms with Crippen LogP contribution in [-0.2, 0) is 4.74 Å². The van der Waals surface area contributed by atoms with Crippen molar-refractivity contribution in [2.75, 3.05) is 26.9 Å². The molecule has 29 heavy (non-hydrogen) atoms. The molecule has 2 N–H and O–H groups in total. The monoisotopic (exact) mass is 422 g/mol. The lowest BCUT2D eigenvalue weighted by molar-refractivity contribution is 0.192. The number of hydrogen-bond acceptors (Lipinski definition) is 3. The predicted molar refractivity (Wildman–Crippen MR) is 135 cm³/mol. The van der Waals surface area contributed by atoms with Crippen molar-refractivity contribution in [1.82, 2.24) is 0 Å². The van der Waals surface area contributed by atoms with Gasteiger partial charge in [0.1, 0.15) is 0 Å². The van der Waals surface area contributed by atoms with Crippen LogP contribution in [0, 0.1) is 0 Å². The summed E-state index contributed by atoms with van der Waals surface area (Å²) in [5.74, 6) is 0. The molecule has 184 valence electrons. The summed E-state index contributed by atoms with van der Waals surface area (Å²) in [6.45, 7) is 16.3. The second-order valence-electron chi connectivity index (χ2n) is 6.68. The van der Waals surface area contributed by atoms with E-state index in [2.05, 4.69) is 20.8 Å². The highest BCUT2D eigenvalue weighted by Crippen LogP contribution is 2.02. The van der Waals surface area contributed by atoms with E-state index in [1.807, 2.05) is 27.7 Å². The lowest BCUT2D eigenvalue weighted by Crippen LogP contribution is -1.87. The first-order chi connectivity index (χ1) is 14.2. The van der Waals surface area contributed by atoms with Gasteiger partial charge in [-0.3, -0.25) is 0 Å². The molecule has 0 aliphatic heterocycles. The van der Waals surface area contributed by atoms with Crippen LogP contribution in [0.5, 0.6) is 0 Å². The van der Waals surface area contributed by atoms with Gasteiger partial charge in [0.15, 0.2) is 0 Å². The average molecular weight is 423 g/mol. The molecule has 0 heterocycles. The lowest BCUT2D eigenvalue weighted by Gasteiger charge is -1.97. The number of unbranched alkanes of at least 4 members (excludes halogenated alkanes) is 12. The molecular formula is C26H62O3. The standard InChI is InChI=1S/C8H18O.2C7H16O.2C2H6/c1-3-4-5-6-7-8-9-2;2*1-2-3-4-5-6-7-8;2*1-2/h3-8H2,1-2H3;2*8H,2-7H2,1H3;2*1-2H3. The van der Waals surface area contributed by atoms with Gasteiger partial charge in [0.25, 0.3) is 0 Å². The summed E-state index contributed by atoms with van der Waals surface area (Å²) in [5.41, 5.74) is 0. The molecule has 0 saturated carbocycles. The summed E-state index contributed by atoms with van der Waals surface area (Å²) in [7, 11) is 1.76.